The highest BCUT2D eigenvalue weighted by Gasteiger charge is 2.22. The Hall–Kier alpha value is -1.13. The zero-order valence-electron chi connectivity index (χ0n) is 8.76. The lowest BCUT2D eigenvalue weighted by Crippen LogP contribution is -2.21. The van der Waals surface area contributed by atoms with Crippen molar-refractivity contribution >= 4 is 5.82 Å². The van der Waals surface area contributed by atoms with Crippen molar-refractivity contribution in [3.05, 3.63) is 23.9 Å². The second-order valence-electron chi connectivity index (χ2n) is 4.01. The third-order valence-electron chi connectivity index (χ3n) is 2.91. The molecular formula is C11H17N3O. The van der Waals surface area contributed by atoms with E-state index >= 15 is 0 Å². The Balaban J connectivity index is 2.04. The number of anilines is 1. The van der Waals surface area contributed by atoms with Gasteiger partial charge in [0, 0.05) is 38.4 Å². The molecule has 0 radical (unpaired) electrons. The maximum atomic E-state index is 9.05. The van der Waals surface area contributed by atoms with Gasteiger partial charge in [-0.05, 0) is 18.1 Å². The lowest BCUT2D eigenvalue weighted by atomic mass is 10.1. The molecule has 1 aromatic heterocycles. The first-order valence-corrected chi connectivity index (χ1v) is 5.34. The van der Waals surface area contributed by atoms with Crippen LogP contribution in [0, 0.1) is 5.92 Å². The molecule has 0 aromatic carbocycles. The van der Waals surface area contributed by atoms with Gasteiger partial charge in [0.25, 0.3) is 0 Å². The fraction of sp³-hybridized carbons (Fsp3) is 0.545. The van der Waals surface area contributed by atoms with E-state index in [1.54, 1.807) is 0 Å². The molecule has 1 fully saturated rings. The van der Waals surface area contributed by atoms with E-state index in [1.807, 2.05) is 18.3 Å². The molecule has 1 aliphatic rings. The molecule has 4 nitrogen and oxygen atoms in total. The molecule has 2 heterocycles. The minimum Gasteiger partial charge on any atom is -0.396 e. The third-order valence-corrected chi connectivity index (χ3v) is 2.91. The molecule has 0 spiro atoms. The summed E-state index contributed by atoms with van der Waals surface area (Å²) in [6.07, 6.45) is 2.87. The summed E-state index contributed by atoms with van der Waals surface area (Å²) < 4.78 is 0. The highest BCUT2D eigenvalue weighted by molar-refractivity contribution is 5.40. The van der Waals surface area contributed by atoms with E-state index in [-0.39, 0.29) is 6.61 Å². The smallest absolute Gasteiger partial charge is 0.128 e. The number of hydrogen-bond acceptors (Lipinski definition) is 4. The number of nitrogens with zero attached hydrogens (tertiary/aromatic N) is 2. The maximum absolute atomic E-state index is 9.05. The summed E-state index contributed by atoms with van der Waals surface area (Å²) in [6, 6.07) is 4.01. The predicted molar refractivity (Wildman–Crippen MR) is 59.5 cm³/mol. The minimum absolute atomic E-state index is 0.275. The van der Waals surface area contributed by atoms with Crippen LogP contribution in [0.2, 0.25) is 0 Å². The van der Waals surface area contributed by atoms with Gasteiger partial charge in [-0.1, -0.05) is 6.07 Å². The van der Waals surface area contributed by atoms with E-state index in [1.165, 1.54) is 0 Å². The third kappa shape index (κ3) is 2.27. The van der Waals surface area contributed by atoms with Gasteiger partial charge in [0.2, 0.25) is 0 Å². The molecule has 1 aliphatic heterocycles. The molecule has 1 unspecified atom stereocenters. The Morgan fingerprint density at radius 3 is 2.93 bits per heavy atom. The van der Waals surface area contributed by atoms with Crippen LogP contribution in [0.25, 0.3) is 0 Å². The van der Waals surface area contributed by atoms with Crippen LogP contribution in [-0.4, -0.2) is 29.8 Å². The SMILES string of the molecule is NCc1ccc(N2CCC(CO)C2)nc1. The van der Waals surface area contributed by atoms with E-state index < -0.39 is 0 Å². The summed E-state index contributed by atoms with van der Waals surface area (Å²) >= 11 is 0. The molecule has 3 N–H and O–H groups in total. The first-order chi connectivity index (χ1) is 7.33. The van der Waals surface area contributed by atoms with Crippen molar-refractivity contribution in [3.8, 4) is 0 Å². The van der Waals surface area contributed by atoms with Crippen LogP contribution in [0.4, 0.5) is 5.82 Å². The Kier molecular flexibility index (Phi) is 3.18. The Morgan fingerprint density at radius 1 is 1.53 bits per heavy atom. The number of aliphatic hydroxyl groups is 1. The van der Waals surface area contributed by atoms with Crippen LogP contribution < -0.4 is 10.6 Å². The van der Waals surface area contributed by atoms with E-state index in [4.69, 9.17) is 10.8 Å². The van der Waals surface area contributed by atoms with Crippen molar-refractivity contribution in [2.75, 3.05) is 24.6 Å². The first-order valence-electron chi connectivity index (χ1n) is 5.34. The molecule has 15 heavy (non-hydrogen) atoms. The van der Waals surface area contributed by atoms with E-state index in [9.17, 15) is 0 Å². The molecule has 0 saturated carbocycles. The van der Waals surface area contributed by atoms with E-state index in [0.29, 0.717) is 12.5 Å². The number of hydrogen-bond donors (Lipinski definition) is 2. The topological polar surface area (TPSA) is 62.4 Å². The van der Waals surface area contributed by atoms with Gasteiger partial charge in [-0.15, -0.1) is 0 Å². The van der Waals surface area contributed by atoms with E-state index in [2.05, 4.69) is 9.88 Å². The van der Waals surface area contributed by atoms with Crippen molar-refractivity contribution < 1.29 is 5.11 Å². The summed E-state index contributed by atoms with van der Waals surface area (Å²) in [5, 5.41) is 9.05. The Morgan fingerprint density at radius 2 is 2.40 bits per heavy atom. The minimum atomic E-state index is 0.275. The van der Waals surface area contributed by atoms with Gasteiger partial charge in [-0.3, -0.25) is 0 Å². The van der Waals surface area contributed by atoms with Crippen LogP contribution in [0.15, 0.2) is 18.3 Å². The average Bonchev–Trinajstić information content (AvgIpc) is 2.78. The summed E-state index contributed by atoms with van der Waals surface area (Å²) in [4.78, 5) is 6.57. The van der Waals surface area contributed by atoms with Crippen molar-refractivity contribution in [1.29, 1.82) is 0 Å². The zero-order valence-corrected chi connectivity index (χ0v) is 8.76. The molecule has 0 bridgehead atoms. The van der Waals surface area contributed by atoms with Crippen LogP contribution in [0.3, 0.4) is 0 Å². The molecule has 1 aromatic rings. The average molecular weight is 207 g/mol. The van der Waals surface area contributed by atoms with Gasteiger partial charge in [0.05, 0.1) is 0 Å². The molecule has 82 valence electrons. The number of rotatable bonds is 3. The number of aliphatic hydroxyl groups excluding tert-OH is 1. The molecule has 0 aliphatic carbocycles. The number of aromatic nitrogens is 1. The molecule has 1 atom stereocenters. The Bertz CT molecular complexity index is 312. The normalized spacial score (nSPS) is 20.9. The lowest BCUT2D eigenvalue weighted by molar-refractivity contribution is 0.238. The fourth-order valence-electron chi connectivity index (χ4n) is 1.91. The van der Waals surface area contributed by atoms with Crippen molar-refractivity contribution in [1.82, 2.24) is 4.98 Å². The van der Waals surface area contributed by atoms with Gasteiger partial charge in [-0.25, -0.2) is 4.98 Å². The molecule has 4 heteroatoms. The van der Waals surface area contributed by atoms with Gasteiger partial charge < -0.3 is 15.7 Å². The zero-order chi connectivity index (χ0) is 10.7. The number of pyridine rings is 1. The van der Waals surface area contributed by atoms with Crippen molar-refractivity contribution in [2.45, 2.75) is 13.0 Å². The van der Waals surface area contributed by atoms with Crippen molar-refractivity contribution in [3.63, 3.8) is 0 Å². The second-order valence-corrected chi connectivity index (χ2v) is 4.01. The summed E-state index contributed by atoms with van der Waals surface area (Å²) in [5.74, 6) is 1.39. The Labute approximate surface area is 89.7 Å². The summed E-state index contributed by atoms with van der Waals surface area (Å²) in [5.41, 5.74) is 6.56. The van der Waals surface area contributed by atoms with Crippen LogP contribution in [-0.2, 0) is 6.54 Å². The highest BCUT2D eigenvalue weighted by Crippen LogP contribution is 2.21. The molecular weight excluding hydrogens is 190 g/mol. The summed E-state index contributed by atoms with van der Waals surface area (Å²) in [7, 11) is 0. The quantitative estimate of drug-likeness (QED) is 0.751. The van der Waals surface area contributed by atoms with E-state index in [0.717, 1.165) is 30.9 Å². The molecule has 1 saturated heterocycles. The van der Waals surface area contributed by atoms with Gasteiger partial charge >= 0.3 is 0 Å². The van der Waals surface area contributed by atoms with Crippen LogP contribution in [0.1, 0.15) is 12.0 Å². The highest BCUT2D eigenvalue weighted by atomic mass is 16.3. The first kappa shape index (κ1) is 10.4. The fourth-order valence-corrected chi connectivity index (χ4v) is 1.91. The van der Waals surface area contributed by atoms with Gasteiger partial charge in [0.15, 0.2) is 0 Å². The number of nitrogens with two attached hydrogens (primary N) is 1. The monoisotopic (exact) mass is 207 g/mol. The summed E-state index contributed by atoms with van der Waals surface area (Å²) in [6.45, 7) is 2.70. The standard InChI is InChI=1S/C11H17N3O/c12-5-9-1-2-11(13-6-9)14-4-3-10(7-14)8-15/h1-2,6,10,15H,3-5,7-8,12H2. The van der Waals surface area contributed by atoms with Gasteiger partial charge in [0.1, 0.15) is 5.82 Å². The van der Waals surface area contributed by atoms with Crippen molar-refractivity contribution in [2.24, 2.45) is 11.7 Å². The largest absolute Gasteiger partial charge is 0.396 e. The molecule has 0 amide bonds. The maximum Gasteiger partial charge on any atom is 0.128 e. The second kappa shape index (κ2) is 4.59. The van der Waals surface area contributed by atoms with Crippen LogP contribution >= 0.6 is 0 Å². The van der Waals surface area contributed by atoms with Gasteiger partial charge in [-0.2, -0.15) is 0 Å². The predicted octanol–water partition coefficient (Wildman–Crippen LogP) is 0.359. The van der Waals surface area contributed by atoms with Crippen LogP contribution in [0.5, 0.6) is 0 Å². The lowest BCUT2D eigenvalue weighted by Gasteiger charge is -2.17. The molecule has 2 rings (SSSR count).